The molecule has 0 aliphatic carbocycles. The lowest BCUT2D eigenvalue weighted by molar-refractivity contribution is 0.414. The molecule has 0 heterocycles. The molecule has 168 valence electrons. The summed E-state index contributed by atoms with van der Waals surface area (Å²) in [5.74, 6) is 0.581. The molecule has 4 rings (SSSR count). The Balaban J connectivity index is 1.58. The number of methoxy groups -OCH3 is 1. The number of ether oxygens (including phenoxy) is 1. The Morgan fingerprint density at radius 1 is 0.485 bits per heavy atom. The van der Waals surface area contributed by atoms with Crippen LogP contribution >= 0.6 is 0 Å². The predicted octanol–water partition coefficient (Wildman–Crippen LogP) is 5.34. The van der Waals surface area contributed by atoms with E-state index >= 15 is 0 Å². The maximum atomic E-state index is 12.9. The summed E-state index contributed by atoms with van der Waals surface area (Å²) < 4.78 is 56.5. The maximum absolute atomic E-state index is 12.9. The first-order valence-electron chi connectivity index (χ1n) is 10.1. The van der Waals surface area contributed by atoms with E-state index in [9.17, 15) is 16.8 Å². The summed E-state index contributed by atoms with van der Waals surface area (Å²) in [7, 11) is -5.74. The van der Waals surface area contributed by atoms with E-state index in [0.717, 1.165) is 16.7 Å². The second kappa shape index (κ2) is 8.84. The second-order valence-electron chi connectivity index (χ2n) is 7.54. The number of aryl methyl sites for hydroxylation is 1. The molecule has 0 unspecified atom stereocenters. The summed E-state index contributed by atoms with van der Waals surface area (Å²) in [6.07, 6.45) is 0. The molecule has 0 saturated carbocycles. The molecular weight excluding hydrogens is 456 g/mol. The van der Waals surface area contributed by atoms with Gasteiger partial charge >= 0.3 is 0 Å². The molecule has 0 radical (unpaired) electrons. The average molecular weight is 479 g/mol. The molecular formula is C26H22O5S2. The zero-order valence-corrected chi connectivity index (χ0v) is 19.7. The van der Waals surface area contributed by atoms with Crippen molar-refractivity contribution in [1.82, 2.24) is 0 Å². The van der Waals surface area contributed by atoms with E-state index in [0.29, 0.717) is 5.75 Å². The third-order valence-electron chi connectivity index (χ3n) is 5.36. The minimum atomic E-state index is -3.66. The lowest BCUT2D eigenvalue weighted by Crippen LogP contribution is -2.02. The topological polar surface area (TPSA) is 77.5 Å². The van der Waals surface area contributed by atoms with Gasteiger partial charge in [-0.1, -0.05) is 42.0 Å². The van der Waals surface area contributed by atoms with Gasteiger partial charge in [-0.15, -0.1) is 0 Å². The summed E-state index contributed by atoms with van der Waals surface area (Å²) >= 11 is 0. The molecule has 0 N–H and O–H groups in total. The molecule has 0 saturated heterocycles. The quantitative estimate of drug-likeness (QED) is 0.374. The van der Waals surface area contributed by atoms with Gasteiger partial charge in [0.25, 0.3) is 0 Å². The van der Waals surface area contributed by atoms with Crippen molar-refractivity contribution in [3.05, 3.63) is 103 Å². The highest BCUT2D eigenvalue weighted by Gasteiger charge is 2.19. The summed E-state index contributed by atoms with van der Waals surface area (Å²) in [6, 6.07) is 26.0. The van der Waals surface area contributed by atoms with Gasteiger partial charge in [-0.25, -0.2) is 16.8 Å². The number of sulfone groups is 2. The third kappa shape index (κ3) is 4.55. The SMILES string of the molecule is COc1ccc(S(=O)(=O)c2ccc(-c3ccc(S(=O)(=O)c4ccc(C)cc4)cc3)cc2)cc1. The van der Waals surface area contributed by atoms with Crippen LogP contribution < -0.4 is 4.74 Å². The first kappa shape index (κ1) is 22.8. The molecule has 5 nitrogen and oxygen atoms in total. The van der Waals surface area contributed by atoms with Crippen LogP contribution in [-0.2, 0) is 19.7 Å². The van der Waals surface area contributed by atoms with Crippen LogP contribution in [0.3, 0.4) is 0 Å². The lowest BCUT2D eigenvalue weighted by Gasteiger charge is -2.09. The fourth-order valence-corrected chi connectivity index (χ4v) is 5.92. The number of benzene rings is 4. The van der Waals surface area contributed by atoms with Crippen LogP contribution in [0, 0.1) is 6.92 Å². The lowest BCUT2D eigenvalue weighted by atomic mass is 10.1. The third-order valence-corrected chi connectivity index (χ3v) is 8.93. The first-order chi connectivity index (χ1) is 15.7. The summed E-state index contributed by atoms with van der Waals surface area (Å²) in [5.41, 5.74) is 2.55. The fourth-order valence-electron chi connectivity index (χ4n) is 3.40. The van der Waals surface area contributed by atoms with Crippen LogP contribution in [-0.4, -0.2) is 23.9 Å². The normalized spacial score (nSPS) is 11.8. The van der Waals surface area contributed by atoms with Gasteiger partial charge < -0.3 is 4.74 Å². The number of hydrogen-bond donors (Lipinski definition) is 0. The molecule has 0 bridgehead atoms. The number of hydrogen-bond acceptors (Lipinski definition) is 5. The minimum absolute atomic E-state index is 0.176. The highest BCUT2D eigenvalue weighted by Crippen LogP contribution is 2.28. The van der Waals surface area contributed by atoms with E-state index < -0.39 is 19.7 Å². The van der Waals surface area contributed by atoms with Crippen molar-refractivity contribution in [2.75, 3.05) is 7.11 Å². The highest BCUT2D eigenvalue weighted by molar-refractivity contribution is 7.91. The van der Waals surface area contributed by atoms with Crippen LogP contribution in [0.4, 0.5) is 0 Å². The van der Waals surface area contributed by atoms with Crippen LogP contribution in [0.2, 0.25) is 0 Å². The Kier molecular flexibility index (Phi) is 6.10. The molecule has 7 heteroatoms. The standard InChI is InChI=1S/C26H22O5S2/c1-19-3-11-23(12-4-19)32(27,28)24-13-5-20(6-14-24)21-7-15-25(16-8-21)33(29,30)26-17-9-22(31-2)10-18-26/h3-18H,1-2H3. The van der Waals surface area contributed by atoms with Crippen LogP contribution in [0.5, 0.6) is 5.75 Å². The number of rotatable bonds is 6. The molecule has 0 aliphatic rings. The van der Waals surface area contributed by atoms with Crippen molar-refractivity contribution in [2.45, 2.75) is 26.5 Å². The first-order valence-corrected chi connectivity index (χ1v) is 13.1. The molecule has 0 atom stereocenters. The van der Waals surface area contributed by atoms with Crippen molar-refractivity contribution in [3.63, 3.8) is 0 Å². The molecule has 33 heavy (non-hydrogen) atoms. The largest absolute Gasteiger partial charge is 0.497 e. The van der Waals surface area contributed by atoms with Gasteiger partial charge in [-0.3, -0.25) is 0 Å². The Morgan fingerprint density at radius 3 is 1.12 bits per heavy atom. The Morgan fingerprint density at radius 2 is 0.788 bits per heavy atom. The molecule has 0 aliphatic heterocycles. The van der Waals surface area contributed by atoms with Gasteiger partial charge in [0.05, 0.1) is 26.7 Å². The van der Waals surface area contributed by atoms with Crippen LogP contribution in [0.15, 0.2) is 117 Å². The Hall–Kier alpha value is -3.42. The summed E-state index contributed by atoms with van der Waals surface area (Å²) in [6.45, 7) is 1.90. The second-order valence-corrected chi connectivity index (χ2v) is 11.4. The van der Waals surface area contributed by atoms with E-state index in [1.54, 1.807) is 84.9 Å². The average Bonchev–Trinajstić information content (AvgIpc) is 2.84. The molecule has 4 aromatic rings. The van der Waals surface area contributed by atoms with E-state index in [4.69, 9.17) is 4.74 Å². The van der Waals surface area contributed by atoms with Gasteiger partial charge in [-0.05, 0) is 78.7 Å². The highest BCUT2D eigenvalue weighted by atomic mass is 32.2. The molecule has 0 amide bonds. The molecule has 0 fully saturated rings. The predicted molar refractivity (Wildman–Crippen MR) is 127 cm³/mol. The van der Waals surface area contributed by atoms with E-state index in [1.807, 2.05) is 6.92 Å². The molecule has 0 spiro atoms. The molecule has 0 aromatic heterocycles. The van der Waals surface area contributed by atoms with Crippen molar-refractivity contribution in [2.24, 2.45) is 0 Å². The van der Waals surface area contributed by atoms with E-state index in [-0.39, 0.29) is 19.6 Å². The van der Waals surface area contributed by atoms with Crippen molar-refractivity contribution >= 4 is 19.7 Å². The van der Waals surface area contributed by atoms with Gasteiger partial charge in [0.1, 0.15) is 5.75 Å². The zero-order valence-electron chi connectivity index (χ0n) is 18.1. The van der Waals surface area contributed by atoms with Gasteiger partial charge in [-0.2, -0.15) is 0 Å². The molecule has 4 aromatic carbocycles. The monoisotopic (exact) mass is 478 g/mol. The van der Waals surface area contributed by atoms with Crippen molar-refractivity contribution in [1.29, 1.82) is 0 Å². The fraction of sp³-hybridized carbons (Fsp3) is 0.0769. The van der Waals surface area contributed by atoms with Gasteiger partial charge in [0.15, 0.2) is 0 Å². The Bertz CT molecular complexity index is 1470. The van der Waals surface area contributed by atoms with Crippen LogP contribution in [0.25, 0.3) is 11.1 Å². The Labute approximate surface area is 194 Å². The van der Waals surface area contributed by atoms with Crippen LogP contribution in [0.1, 0.15) is 5.56 Å². The van der Waals surface area contributed by atoms with Gasteiger partial charge in [0, 0.05) is 0 Å². The maximum Gasteiger partial charge on any atom is 0.206 e. The van der Waals surface area contributed by atoms with E-state index in [1.165, 1.54) is 19.2 Å². The van der Waals surface area contributed by atoms with Crippen molar-refractivity contribution < 1.29 is 21.6 Å². The summed E-state index contributed by atoms with van der Waals surface area (Å²) in [4.78, 5) is 0.805. The zero-order chi connectivity index (χ0) is 23.6. The van der Waals surface area contributed by atoms with Gasteiger partial charge in [0.2, 0.25) is 19.7 Å². The summed E-state index contributed by atoms with van der Waals surface area (Å²) in [5, 5.41) is 0. The minimum Gasteiger partial charge on any atom is -0.497 e. The van der Waals surface area contributed by atoms with E-state index in [2.05, 4.69) is 0 Å². The van der Waals surface area contributed by atoms with Crippen molar-refractivity contribution in [3.8, 4) is 16.9 Å². The smallest absolute Gasteiger partial charge is 0.206 e.